The molecule has 0 aliphatic heterocycles. The molecule has 0 spiro atoms. The number of fused-ring (bicyclic) bond motifs is 1. The average molecular weight is 474 g/mol. The summed E-state index contributed by atoms with van der Waals surface area (Å²) in [6.45, 7) is 1.70. The highest BCUT2D eigenvalue weighted by Gasteiger charge is 2.23. The number of carbonyl (C=O) groups excluding carboxylic acids is 1. The second kappa shape index (κ2) is 9.02. The standard InChI is InChI=1S/C26H17F3N4O2/c1-15-11-30-14-33(15)23-12-31-20-7-5-17(10-21(20)32-23)26(34)24-19(28)6-8-22(25(24)29)35-13-16-3-2-4-18(27)9-16/h2-12,14H,13H2,1H3. The number of aryl methyl sites for hydroxylation is 1. The van der Waals surface area contributed by atoms with Crippen LogP contribution >= 0.6 is 0 Å². The van der Waals surface area contributed by atoms with Crippen molar-refractivity contribution < 1.29 is 22.7 Å². The Labute approximate surface area is 197 Å². The smallest absolute Gasteiger partial charge is 0.199 e. The number of aromatic nitrogens is 4. The summed E-state index contributed by atoms with van der Waals surface area (Å²) >= 11 is 0. The summed E-state index contributed by atoms with van der Waals surface area (Å²) in [4.78, 5) is 26.0. The zero-order chi connectivity index (χ0) is 24.5. The Bertz CT molecular complexity index is 1580. The van der Waals surface area contributed by atoms with Crippen LogP contribution in [-0.4, -0.2) is 25.3 Å². The summed E-state index contributed by atoms with van der Waals surface area (Å²) < 4.78 is 50.3. The van der Waals surface area contributed by atoms with Crippen LogP contribution in [0.5, 0.6) is 5.75 Å². The maximum atomic E-state index is 15.2. The summed E-state index contributed by atoms with van der Waals surface area (Å²) in [5.74, 6) is -3.34. The van der Waals surface area contributed by atoms with E-state index in [0.29, 0.717) is 22.4 Å². The highest BCUT2D eigenvalue weighted by atomic mass is 19.1. The molecule has 2 heterocycles. The molecular weight excluding hydrogens is 457 g/mol. The molecule has 3 aromatic carbocycles. The topological polar surface area (TPSA) is 69.9 Å². The molecule has 35 heavy (non-hydrogen) atoms. The molecule has 0 saturated carbocycles. The van der Waals surface area contributed by atoms with Crippen LogP contribution in [-0.2, 0) is 6.61 Å². The maximum Gasteiger partial charge on any atom is 0.199 e. The summed E-state index contributed by atoms with van der Waals surface area (Å²) in [5, 5.41) is 0. The Morgan fingerprint density at radius 1 is 1.00 bits per heavy atom. The highest BCUT2D eigenvalue weighted by Crippen LogP contribution is 2.27. The maximum absolute atomic E-state index is 15.2. The van der Waals surface area contributed by atoms with E-state index in [1.54, 1.807) is 35.4 Å². The molecule has 0 aliphatic carbocycles. The summed E-state index contributed by atoms with van der Waals surface area (Å²) in [7, 11) is 0. The minimum absolute atomic E-state index is 0.0337. The van der Waals surface area contributed by atoms with Crippen LogP contribution in [0.1, 0.15) is 27.2 Å². The third-order valence-corrected chi connectivity index (χ3v) is 5.43. The molecule has 0 N–H and O–H groups in total. The first-order chi connectivity index (χ1) is 16.9. The van der Waals surface area contributed by atoms with Crippen molar-refractivity contribution in [1.82, 2.24) is 19.5 Å². The monoisotopic (exact) mass is 474 g/mol. The fraction of sp³-hybridized carbons (Fsp3) is 0.0769. The number of rotatable bonds is 6. The van der Waals surface area contributed by atoms with Gasteiger partial charge in [-0.05, 0) is 55.0 Å². The predicted octanol–water partition coefficient (Wildman–Crippen LogP) is 5.35. The number of halogens is 3. The summed E-state index contributed by atoms with van der Waals surface area (Å²) in [5.41, 5.74) is 1.46. The van der Waals surface area contributed by atoms with Gasteiger partial charge in [-0.3, -0.25) is 14.3 Å². The molecule has 6 nitrogen and oxygen atoms in total. The number of hydrogen-bond donors (Lipinski definition) is 0. The van der Waals surface area contributed by atoms with Crippen LogP contribution in [0.25, 0.3) is 16.9 Å². The van der Waals surface area contributed by atoms with Crippen LogP contribution in [0.2, 0.25) is 0 Å². The van der Waals surface area contributed by atoms with Gasteiger partial charge in [-0.25, -0.2) is 23.1 Å². The number of ether oxygens (including phenoxy) is 1. The van der Waals surface area contributed by atoms with Crippen LogP contribution < -0.4 is 4.74 Å². The fourth-order valence-corrected chi connectivity index (χ4v) is 3.65. The lowest BCUT2D eigenvalue weighted by Gasteiger charge is -2.11. The number of benzene rings is 3. The minimum atomic E-state index is -1.14. The van der Waals surface area contributed by atoms with Crippen molar-refractivity contribution in [2.75, 3.05) is 0 Å². The molecule has 0 bridgehead atoms. The number of imidazole rings is 1. The van der Waals surface area contributed by atoms with Crippen LogP contribution in [0.4, 0.5) is 13.2 Å². The van der Waals surface area contributed by atoms with Crippen LogP contribution in [0.3, 0.4) is 0 Å². The summed E-state index contributed by atoms with van der Waals surface area (Å²) in [6.07, 6.45) is 4.82. The molecule has 0 radical (unpaired) electrons. The zero-order valence-corrected chi connectivity index (χ0v) is 18.4. The van der Waals surface area contributed by atoms with Gasteiger partial charge < -0.3 is 4.74 Å². The van der Waals surface area contributed by atoms with E-state index >= 15 is 4.39 Å². The van der Waals surface area contributed by atoms with Gasteiger partial charge in [-0.15, -0.1) is 0 Å². The number of ketones is 1. The second-order valence-corrected chi connectivity index (χ2v) is 7.82. The third kappa shape index (κ3) is 4.35. The van der Waals surface area contributed by atoms with Crippen LogP contribution in [0, 0.1) is 24.4 Å². The zero-order valence-electron chi connectivity index (χ0n) is 18.4. The predicted molar refractivity (Wildman–Crippen MR) is 122 cm³/mol. The van der Waals surface area contributed by atoms with Crippen molar-refractivity contribution in [3.8, 4) is 11.6 Å². The van der Waals surface area contributed by atoms with E-state index < -0.39 is 28.8 Å². The number of hydrogen-bond acceptors (Lipinski definition) is 5. The van der Waals surface area contributed by atoms with E-state index in [0.717, 1.165) is 17.8 Å². The van der Waals surface area contributed by atoms with Crippen molar-refractivity contribution in [2.45, 2.75) is 13.5 Å². The van der Waals surface area contributed by atoms with Crippen molar-refractivity contribution in [3.63, 3.8) is 0 Å². The molecule has 2 aromatic heterocycles. The van der Waals surface area contributed by atoms with Gasteiger partial charge in [0.15, 0.2) is 23.2 Å². The molecular formula is C26H17F3N4O2. The van der Waals surface area contributed by atoms with E-state index in [1.807, 2.05) is 6.92 Å². The Morgan fingerprint density at radius 2 is 1.86 bits per heavy atom. The van der Waals surface area contributed by atoms with Gasteiger partial charge in [-0.2, -0.15) is 0 Å². The Balaban J connectivity index is 1.47. The van der Waals surface area contributed by atoms with Crippen LogP contribution in [0.15, 0.2) is 73.3 Å². The third-order valence-electron chi connectivity index (χ3n) is 5.43. The van der Waals surface area contributed by atoms with Gasteiger partial charge in [-0.1, -0.05) is 12.1 Å². The summed E-state index contributed by atoms with van der Waals surface area (Å²) in [6, 6.07) is 12.1. The van der Waals surface area contributed by atoms with Gasteiger partial charge >= 0.3 is 0 Å². The molecule has 0 saturated heterocycles. The van der Waals surface area contributed by atoms with E-state index in [4.69, 9.17) is 4.74 Å². The number of nitrogens with zero attached hydrogens (tertiary/aromatic N) is 4. The van der Waals surface area contributed by atoms with E-state index in [2.05, 4.69) is 15.0 Å². The number of carbonyl (C=O) groups is 1. The van der Waals surface area contributed by atoms with Gasteiger partial charge in [0.2, 0.25) is 0 Å². The first-order valence-corrected chi connectivity index (χ1v) is 10.6. The first kappa shape index (κ1) is 22.3. The molecule has 0 aliphatic rings. The molecule has 5 aromatic rings. The molecule has 174 valence electrons. The van der Waals surface area contributed by atoms with Crippen molar-refractivity contribution >= 4 is 16.8 Å². The average Bonchev–Trinajstić information content (AvgIpc) is 3.28. The first-order valence-electron chi connectivity index (χ1n) is 10.6. The van der Waals surface area contributed by atoms with E-state index in [9.17, 15) is 13.6 Å². The lowest BCUT2D eigenvalue weighted by molar-refractivity contribution is 0.103. The molecule has 0 unspecified atom stereocenters. The minimum Gasteiger partial charge on any atom is -0.486 e. The molecule has 0 atom stereocenters. The SMILES string of the molecule is Cc1cncn1-c1cnc2ccc(C(=O)c3c(F)ccc(OCc4cccc(F)c4)c3F)cc2n1. The normalized spacial score (nSPS) is 11.1. The van der Waals surface area contributed by atoms with E-state index in [1.165, 1.54) is 30.3 Å². The largest absolute Gasteiger partial charge is 0.486 e. The van der Waals surface area contributed by atoms with Crippen molar-refractivity contribution in [1.29, 1.82) is 0 Å². The molecule has 9 heteroatoms. The second-order valence-electron chi connectivity index (χ2n) is 7.82. The quantitative estimate of drug-likeness (QED) is 0.310. The highest BCUT2D eigenvalue weighted by molar-refractivity contribution is 6.10. The lowest BCUT2D eigenvalue weighted by atomic mass is 10.0. The Morgan fingerprint density at radius 3 is 2.63 bits per heavy atom. The Kier molecular flexibility index (Phi) is 5.74. The van der Waals surface area contributed by atoms with Gasteiger partial charge in [0.1, 0.15) is 24.6 Å². The van der Waals surface area contributed by atoms with E-state index in [-0.39, 0.29) is 17.9 Å². The lowest BCUT2D eigenvalue weighted by Crippen LogP contribution is -2.10. The molecule has 0 amide bonds. The van der Waals surface area contributed by atoms with Gasteiger partial charge in [0, 0.05) is 17.5 Å². The van der Waals surface area contributed by atoms with Gasteiger partial charge in [0.05, 0.1) is 22.8 Å². The molecule has 0 fully saturated rings. The van der Waals surface area contributed by atoms with Crippen molar-refractivity contribution in [3.05, 3.63) is 113 Å². The van der Waals surface area contributed by atoms with Crippen molar-refractivity contribution in [2.24, 2.45) is 0 Å². The Hall–Kier alpha value is -4.53. The molecule has 5 rings (SSSR count). The fourth-order valence-electron chi connectivity index (χ4n) is 3.65. The van der Waals surface area contributed by atoms with Gasteiger partial charge in [0.25, 0.3) is 0 Å².